The van der Waals surface area contributed by atoms with Gasteiger partial charge in [-0.25, -0.2) is 9.59 Å². The standard InChI is InChI=1S/C25H26N2O7/c1-17-16-20(28)23(24(29)33-2)22(18-10-4-5-11-19(18)27(31)32)21(17)25(30)34-15-9-8-14-26-12-6-3-7-13-26/h4-5,10-11,16,28H,3,6-7,12-15H2,1-2H3. The normalized spacial score (nSPS) is 13.5. The average molecular weight is 466 g/mol. The number of esters is 2. The molecule has 0 saturated carbocycles. The van der Waals surface area contributed by atoms with Crippen molar-refractivity contribution in [1.82, 2.24) is 4.90 Å². The predicted molar refractivity (Wildman–Crippen MR) is 125 cm³/mol. The molecular formula is C25H26N2O7. The second-order valence-corrected chi connectivity index (χ2v) is 7.87. The van der Waals surface area contributed by atoms with E-state index in [0.717, 1.165) is 33.0 Å². The van der Waals surface area contributed by atoms with Crippen LogP contribution in [0.1, 0.15) is 45.5 Å². The van der Waals surface area contributed by atoms with Gasteiger partial charge in [-0.2, -0.15) is 0 Å². The van der Waals surface area contributed by atoms with E-state index in [2.05, 4.69) is 16.7 Å². The average Bonchev–Trinajstić information content (AvgIpc) is 2.83. The number of aryl methyl sites for hydroxylation is 1. The van der Waals surface area contributed by atoms with E-state index in [1.165, 1.54) is 43.7 Å². The minimum atomic E-state index is -0.943. The number of nitro groups is 1. The van der Waals surface area contributed by atoms with Gasteiger partial charge in [0.25, 0.3) is 5.69 Å². The number of aromatic hydroxyl groups is 1. The van der Waals surface area contributed by atoms with E-state index in [4.69, 9.17) is 9.47 Å². The molecule has 9 heteroatoms. The van der Waals surface area contributed by atoms with E-state index in [1.807, 2.05) is 0 Å². The Balaban J connectivity index is 1.98. The molecule has 1 fully saturated rings. The van der Waals surface area contributed by atoms with Gasteiger partial charge in [-0.1, -0.05) is 30.4 Å². The molecule has 0 aromatic heterocycles. The fraction of sp³-hybridized carbons (Fsp3) is 0.360. The maximum Gasteiger partial charge on any atom is 0.342 e. The SMILES string of the molecule is COC(=O)c1c(O)cc(C)c(C(=O)OCC#CCN2CCCCC2)c1-c1ccccc1[N+](=O)[O-]. The number of nitro benzene ring substituents is 1. The summed E-state index contributed by atoms with van der Waals surface area (Å²) in [4.78, 5) is 38.9. The molecule has 0 radical (unpaired) electrons. The number of para-hydroxylation sites is 1. The molecule has 2 aromatic rings. The lowest BCUT2D eigenvalue weighted by Gasteiger charge is -2.23. The molecule has 1 aliphatic heterocycles. The van der Waals surface area contributed by atoms with Gasteiger partial charge in [0, 0.05) is 11.6 Å². The van der Waals surface area contributed by atoms with Crippen LogP contribution in [0.3, 0.4) is 0 Å². The molecule has 9 nitrogen and oxygen atoms in total. The summed E-state index contributed by atoms with van der Waals surface area (Å²) in [5.41, 5.74) is -0.633. The number of phenols is 1. The van der Waals surface area contributed by atoms with Gasteiger partial charge >= 0.3 is 11.9 Å². The van der Waals surface area contributed by atoms with E-state index in [1.54, 1.807) is 0 Å². The van der Waals surface area contributed by atoms with Crippen LogP contribution in [0.2, 0.25) is 0 Å². The number of rotatable bonds is 6. The van der Waals surface area contributed by atoms with E-state index >= 15 is 0 Å². The molecule has 0 bridgehead atoms. The number of piperidine rings is 1. The molecule has 178 valence electrons. The first-order chi connectivity index (χ1) is 16.3. The maximum absolute atomic E-state index is 13.1. The first kappa shape index (κ1) is 24.7. The van der Waals surface area contributed by atoms with E-state index in [9.17, 15) is 24.8 Å². The fourth-order valence-electron chi connectivity index (χ4n) is 4.00. The van der Waals surface area contributed by atoms with Crippen LogP contribution in [0, 0.1) is 28.9 Å². The zero-order chi connectivity index (χ0) is 24.7. The lowest BCUT2D eigenvalue weighted by Crippen LogP contribution is -2.29. The first-order valence-electron chi connectivity index (χ1n) is 10.9. The number of hydrogen-bond donors (Lipinski definition) is 1. The third-order valence-electron chi connectivity index (χ3n) is 5.62. The van der Waals surface area contributed by atoms with Crippen molar-refractivity contribution >= 4 is 17.6 Å². The third-order valence-corrected chi connectivity index (χ3v) is 5.62. The largest absolute Gasteiger partial charge is 0.507 e. The zero-order valence-electron chi connectivity index (χ0n) is 19.1. The number of hydrogen-bond acceptors (Lipinski definition) is 8. The Hall–Kier alpha value is -3.90. The number of ether oxygens (including phenoxy) is 2. The molecular weight excluding hydrogens is 440 g/mol. The predicted octanol–water partition coefficient (Wildman–Crippen LogP) is 3.71. The molecule has 1 aliphatic rings. The molecule has 1 N–H and O–H groups in total. The second kappa shape index (κ2) is 11.3. The molecule has 1 saturated heterocycles. The molecule has 0 atom stereocenters. The van der Waals surface area contributed by atoms with Crippen molar-refractivity contribution in [2.45, 2.75) is 26.2 Å². The first-order valence-corrected chi connectivity index (χ1v) is 10.9. The smallest absolute Gasteiger partial charge is 0.342 e. The van der Waals surface area contributed by atoms with E-state index in [0.29, 0.717) is 6.54 Å². The van der Waals surface area contributed by atoms with Gasteiger partial charge in [-0.15, -0.1) is 0 Å². The van der Waals surface area contributed by atoms with Crippen molar-refractivity contribution in [2.24, 2.45) is 0 Å². The van der Waals surface area contributed by atoms with Crippen LogP contribution in [0.15, 0.2) is 30.3 Å². The van der Waals surface area contributed by atoms with Crippen molar-refractivity contribution in [3.8, 4) is 28.7 Å². The highest BCUT2D eigenvalue weighted by molar-refractivity contribution is 6.09. The Kier molecular flexibility index (Phi) is 8.22. The highest BCUT2D eigenvalue weighted by Gasteiger charge is 2.31. The Morgan fingerprint density at radius 3 is 2.50 bits per heavy atom. The Labute approximate surface area is 197 Å². The molecule has 2 aromatic carbocycles. The summed E-state index contributed by atoms with van der Waals surface area (Å²) in [5, 5.41) is 22.2. The van der Waals surface area contributed by atoms with Gasteiger partial charge in [0.2, 0.25) is 0 Å². The number of phenolic OH excluding ortho intramolecular Hbond substituents is 1. The summed E-state index contributed by atoms with van der Waals surface area (Å²) >= 11 is 0. The lowest BCUT2D eigenvalue weighted by molar-refractivity contribution is -0.384. The van der Waals surface area contributed by atoms with Crippen LogP contribution in [0.5, 0.6) is 5.75 Å². The fourth-order valence-corrected chi connectivity index (χ4v) is 4.00. The molecule has 1 heterocycles. The molecule has 3 rings (SSSR count). The molecule has 34 heavy (non-hydrogen) atoms. The van der Waals surface area contributed by atoms with Crippen molar-refractivity contribution in [3.63, 3.8) is 0 Å². The van der Waals surface area contributed by atoms with Gasteiger partial charge in [0.15, 0.2) is 6.61 Å². The van der Waals surface area contributed by atoms with E-state index in [-0.39, 0.29) is 40.1 Å². The van der Waals surface area contributed by atoms with Crippen LogP contribution in [0.25, 0.3) is 11.1 Å². The van der Waals surface area contributed by atoms with Gasteiger partial charge in [0.1, 0.15) is 11.3 Å². The summed E-state index contributed by atoms with van der Waals surface area (Å²) in [6.07, 6.45) is 3.52. The summed E-state index contributed by atoms with van der Waals surface area (Å²) in [6, 6.07) is 6.86. The topological polar surface area (TPSA) is 119 Å². The Morgan fingerprint density at radius 2 is 1.82 bits per heavy atom. The minimum absolute atomic E-state index is 0.0185. The summed E-state index contributed by atoms with van der Waals surface area (Å²) in [5.74, 6) is 3.58. The second-order valence-electron chi connectivity index (χ2n) is 7.87. The van der Waals surface area contributed by atoms with E-state index < -0.39 is 22.6 Å². The van der Waals surface area contributed by atoms with Crippen molar-refractivity contribution < 1.29 is 29.1 Å². The van der Waals surface area contributed by atoms with Crippen LogP contribution in [-0.4, -0.2) is 60.2 Å². The number of methoxy groups -OCH3 is 1. The summed E-state index contributed by atoms with van der Waals surface area (Å²) in [6.45, 7) is 3.94. The molecule has 0 aliphatic carbocycles. The highest BCUT2D eigenvalue weighted by Crippen LogP contribution is 2.40. The van der Waals surface area contributed by atoms with Crippen LogP contribution < -0.4 is 0 Å². The number of carbonyl (C=O) groups excluding carboxylic acids is 2. The number of benzene rings is 2. The number of likely N-dealkylation sites (tertiary alicyclic amines) is 1. The number of nitrogens with zero attached hydrogens (tertiary/aromatic N) is 2. The zero-order valence-corrected chi connectivity index (χ0v) is 19.1. The molecule has 0 amide bonds. The van der Waals surface area contributed by atoms with Gasteiger partial charge < -0.3 is 14.6 Å². The Bertz CT molecular complexity index is 1160. The van der Waals surface area contributed by atoms with Gasteiger partial charge in [0.05, 0.1) is 29.7 Å². The monoisotopic (exact) mass is 466 g/mol. The molecule has 0 unspecified atom stereocenters. The quantitative estimate of drug-likeness (QED) is 0.296. The van der Waals surface area contributed by atoms with Crippen molar-refractivity contribution in [2.75, 3.05) is 33.4 Å². The van der Waals surface area contributed by atoms with Gasteiger partial charge in [-0.05, 0) is 50.6 Å². The third kappa shape index (κ3) is 5.53. The van der Waals surface area contributed by atoms with Crippen LogP contribution >= 0.6 is 0 Å². The van der Waals surface area contributed by atoms with Crippen molar-refractivity contribution in [3.05, 3.63) is 57.1 Å². The lowest BCUT2D eigenvalue weighted by atomic mass is 9.89. The summed E-state index contributed by atoms with van der Waals surface area (Å²) < 4.78 is 10.1. The molecule has 0 spiro atoms. The highest BCUT2D eigenvalue weighted by atomic mass is 16.6. The van der Waals surface area contributed by atoms with Crippen LogP contribution in [-0.2, 0) is 9.47 Å². The van der Waals surface area contributed by atoms with Crippen molar-refractivity contribution in [1.29, 1.82) is 0 Å². The number of carbonyl (C=O) groups is 2. The minimum Gasteiger partial charge on any atom is -0.507 e. The Morgan fingerprint density at radius 1 is 1.12 bits per heavy atom. The van der Waals surface area contributed by atoms with Crippen LogP contribution in [0.4, 0.5) is 5.69 Å². The summed E-state index contributed by atoms with van der Waals surface area (Å²) in [7, 11) is 1.11. The van der Waals surface area contributed by atoms with Gasteiger partial charge in [-0.3, -0.25) is 15.0 Å². The maximum atomic E-state index is 13.1.